The fourth-order valence-corrected chi connectivity index (χ4v) is 4.94. The van der Waals surface area contributed by atoms with Crippen molar-refractivity contribution in [1.29, 1.82) is 0 Å². The lowest BCUT2D eigenvalue weighted by atomic mass is 9.86. The van der Waals surface area contributed by atoms with Crippen molar-refractivity contribution in [2.24, 2.45) is 0 Å². The zero-order valence-corrected chi connectivity index (χ0v) is 21.5. The Bertz CT molecular complexity index is 1450. The predicted molar refractivity (Wildman–Crippen MR) is 136 cm³/mol. The van der Waals surface area contributed by atoms with E-state index >= 15 is 0 Å². The third-order valence-corrected chi connectivity index (χ3v) is 7.26. The highest BCUT2D eigenvalue weighted by atomic mass is 19.1. The second-order valence-corrected chi connectivity index (χ2v) is 9.68. The monoisotopic (exact) mass is 539 g/mol. The number of benzene rings is 2. The molecule has 1 saturated heterocycles. The van der Waals surface area contributed by atoms with Crippen molar-refractivity contribution in [3.05, 3.63) is 95.6 Å². The van der Waals surface area contributed by atoms with Crippen molar-refractivity contribution in [3.63, 3.8) is 0 Å². The lowest BCUT2D eigenvalue weighted by Gasteiger charge is -2.36. The summed E-state index contributed by atoms with van der Waals surface area (Å²) >= 11 is 0. The SMILES string of the molecule is Cc1nn([C@H](C)[C@](O)(Cn2cncn2)c2ccc(F)cc2F)cc1C(=O)N1CCN(c2ccc(F)cc2)CC1. The molecule has 3 heterocycles. The summed E-state index contributed by atoms with van der Waals surface area (Å²) in [6.07, 6.45) is 4.22. The first-order valence-electron chi connectivity index (χ1n) is 12.5. The minimum Gasteiger partial charge on any atom is -0.381 e. The Kier molecular flexibility index (Phi) is 7.13. The molecule has 204 valence electrons. The first-order chi connectivity index (χ1) is 18.7. The van der Waals surface area contributed by atoms with Crippen molar-refractivity contribution in [3.8, 4) is 0 Å². The van der Waals surface area contributed by atoms with Crippen LogP contribution in [0.5, 0.6) is 0 Å². The molecule has 4 aromatic rings. The zero-order chi connectivity index (χ0) is 27.7. The lowest BCUT2D eigenvalue weighted by Crippen LogP contribution is -2.48. The summed E-state index contributed by atoms with van der Waals surface area (Å²) in [5.41, 5.74) is -0.341. The number of carbonyl (C=O) groups is 1. The highest BCUT2D eigenvalue weighted by Crippen LogP contribution is 2.37. The third kappa shape index (κ3) is 5.24. The van der Waals surface area contributed by atoms with Gasteiger partial charge in [-0.05, 0) is 44.2 Å². The number of hydrogen-bond acceptors (Lipinski definition) is 6. The van der Waals surface area contributed by atoms with Crippen LogP contribution in [0.4, 0.5) is 18.9 Å². The number of carbonyl (C=O) groups excluding carboxylic acids is 1. The van der Waals surface area contributed by atoms with Gasteiger partial charge < -0.3 is 14.9 Å². The second-order valence-electron chi connectivity index (χ2n) is 9.68. The molecular weight excluding hydrogens is 511 g/mol. The van der Waals surface area contributed by atoms with E-state index in [9.17, 15) is 23.1 Å². The van der Waals surface area contributed by atoms with Crippen LogP contribution in [0.15, 0.2) is 61.3 Å². The maximum Gasteiger partial charge on any atom is 0.257 e. The van der Waals surface area contributed by atoms with Crippen molar-refractivity contribution in [1.82, 2.24) is 29.4 Å². The van der Waals surface area contributed by atoms with Crippen LogP contribution in [-0.4, -0.2) is 66.6 Å². The maximum absolute atomic E-state index is 14.9. The number of aromatic nitrogens is 5. The number of rotatable bonds is 7. The third-order valence-electron chi connectivity index (χ3n) is 7.26. The largest absolute Gasteiger partial charge is 0.381 e. The van der Waals surface area contributed by atoms with Gasteiger partial charge in [-0.15, -0.1) is 0 Å². The summed E-state index contributed by atoms with van der Waals surface area (Å²) in [6, 6.07) is 8.36. The first kappa shape index (κ1) is 26.4. The van der Waals surface area contributed by atoms with E-state index in [4.69, 9.17) is 0 Å². The van der Waals surface area contributed by atoms with Crippen LogP contribution in [0.25, 0.3) is 0 Å². The maximum atomic E-state index is 14.9. The summed E-state index contributed by atoms with van der Waals surface area (Å²) in [6.45, 7) is 5.25. The summed E-state index contributed by atoms with van der Waals surface area (Å²) < 4.78 is 44.6. The molecule has 0 spiro atoms. The number of hydrogen-bond donors (Lipinski definition) is 1. The Labute approximate surface area is 223 Å². The van der Waals surface area contributed by atoms with Gasteiger partial charge in [-0.25, -0.2) is 22.8 Å². The van der Waals surface area contributed by atoms with E-state index < -0.39 is 23.3 Å². The van der Waals surface area contributed by atoms with Gasteiger partial charge in [0.25, 0.3) is 5.91 Å². The average Bonchev–Trinajstić information content (AvgIpc) is 3.57. The van der Waals surface area contributed by atoms with E-state index in [2.05, 4.69) is 20.1 Å². The minimum atomic E-state index is -1.91. The van der Waals surface area contributed by atoms with Crippen LogP contribution in [0.1, 0.15) is 34.6 Å². The quantitative estimate of drug-likeness (QED) is 0.388. The number of amides is 1. The summed E-state index contributed by atoms with van der Waals surface area (Å²) in [5, 5.41) is 20.4. The number of aliphatic hydroxyl groups is 1. The highest BCUT2D eigenvalue weighted by Gasteiger charge is 2.41. The lowest BCUT2D eigenvalue weighted by molar-refractivity contribution is -0.0369. The van der Waals surface area contributed by atoms with Gasteiger partial charge >= 0.3 is 0 Å². The molecule has 5 rings (SSSR count). The molecule has 1 aliphatic rings. The van der Waals surface area contributed by atoms with Crippen LogP contribution < -0.4 is 4.90 Å². The van der Waals surface area contributed by atoms with Crippen LogP contribution in [0.3, 0.4) is 0 Å². The molecule has 2 aromatic carbocycles. The smallest absolute Gasteiger partial charge is 0.257 e. The molecule has 1 fully saturated rings. The zero-order valence-electron chi connectivity index (χ0n) is 21.5. The Balaban J connectivity index is 1.37. The molecule has 0 aliphatic carbocycles. The number of nitrogens with zero attached hydrogens (tertiary/aromatic N) is 7. The Morgan fingerprint density at radius 1 is 1.05 bits per heavy atom. The normalized spacial score (nSPS) is 16.3. The van der Waals surface area contributed by atoms with E-state index in [1.807, 2.05) is 0 Å². The van der Waals surface area contributed by atoms with E-state index in [1.165, 1.54) is 40.2 Å². The highest BCUT2D eigenvalue weighted by molar-refractivity contribution is 5.95. The van der Waals surface area contributed by atoms with Gasteiger partial charge in [0.05, 0.1) is 23.8 Å². The van der Waals surface area contributed by atoms with Crippen LogP contribution in [0.2, 0.25) is 0 Å². The van der Waals surface area contributed by atoms with E-state index in [1.54, 1.807) is 37.1 Å². The van der Waals surface area contributed by atoms with Gasteiger partial charge in [0, 0.05) is 49.7 Å². The minimum absolute atomic E-state index is 0.134. The standard InChI is InChI=1S/C27H28F3N7O2/c1-18-23(26(38)35-11-9-34(10-12-35)22-6-3-20(28)4-7-22)14-37(33-18)19(2)27(39,15-36-17-31-16-32-36)24-8-5-21(29)13-25(24)30/h3-8,13-14,16-17,19,39H,9-12,15H2,1-2H3/t19-,27-/m1/s1. The van der Waals surface area contributed by atoms with Crippen molar-refractivity contribution in [2.45, 2.75) is 32.0 Å². The molecule has 0 unspecified atom stereocenters. The van der Waals surface area contributed by atoms with E-state index in [0.717, 1.165) is 11.8 Å². The van der Waals surface area contributed by atoms with Gasteiger partial charge in [0.1, 0.15) is 35.7 Å². The molecule has 2 atom stereocenters. The summed E-state index contributed by atoms with van der Waals surface area (Å²) in [5.74, 6) is -2.19. The molecule has 9 nitrogen and oxygen atoms in total. The predicted octanol–water partition coefficient (Wildman–Crippen LogP) is 3.31. The molecule has 1 amide bonds. The number of aryl methyl sites for hydroxylation is 1. The Morgan fingerprint density at radius 2 is 1.74 bits per heavy atom. The fourth-order valence-electron chi connectivity index (χ4n) is 4.94. The molecule has 0 radical (unpaired) electrons. The van der Waals surface area contributed by atoms with Crippen molar-refractivity contribution >= 4 is 11.6 Å². The van der Waals surface area contributed by atoms with E-state index in [-0.39, 0.29) is 23.8 Å². The molecule has 12 heteroatoms. The van der Waals surface area contributed by atoms with Crippen LogP contribution in [0, 0.1) is 24.4 Å². The van der Waals surface area contributed by atoms with Gasteiger partial charge in [-0.3, -0.25) is 9.48 Å². The van der Waals surface area contributed by atoms with Crippen molar-refractivity contribution < 1.29 is 23.1 Å². The van der Waals surface area contributed by atoms with E-state index in [0.29, 0.717) is 43.5 Å². The average molecular weight is 540 g/mol. The summed E-state index contributed by atoms with van der Waals surface area (Å²) in [7, 11) is 0. The molecule has 1 N–H and O–H groups in total. The van der Waals surface area contributed by atoms with Gasteiger partial charge in [-0.2, -0.15) is 10.2 Å². The van der Waals surface area contributed by atoms with Crippen molar-refractivity contribution in [2.75, 3.05) is 31.1 Å². The molecular formula is C27H28F3N7O2. The first-order valence-corrected chi connectivity index (χ1v) is 12.5. The molecule has 1 aliphatic heterocycles. The van der Waals surface area contributed by atoms with Crippen LogP contribution in [-0.2, 0) is 12.1 Å². The molecule has 39 heavy (non-hydrogen) atoms. The number of anilines is 1. The number of piperazine rings is 1. The molecule has 0 saturated carbocycles. The fraction of sp³-hybridized carbons (Fsp3) is 0.333. The Morgan fingerprint density at radius 3 is 2.38 bits per heavy atom. The van der Waals surface area contributed by atoms with Gasteiger partial charge in [0.2, 0.25) is 0 Å². The Hall–Kier alpha value is -4.19. The molecule has 0 bridgehead atoms. The van der Waals surface area contributed by atoms with Gasteiger partial charge in [0.15, 0.2) is 0 Å². The molecule has 2 aromatic heterocycles. The topological polar surface area (TPSA) is 92.3 Å². The van der Waals surface area contributed by atoms with Gasteiger partial charge in [-0.1, -0.05) is 6.07 Å². The second kappa shape index (κ2) is 10.5. The number of halogens is 3. The van der Waals surface area contributed by atoms with Crippen LogP contribution >= 0.6 is 0 Å². The summed E-state index contributed by atoms with van der Waals surface area (Å²) in [4.78, 5) is 21.1.